The van der Waals surface area contributed by atoms with Crippen LogP contribution in [0.1, 0.15) is 24.1 Å². The minimum Gasteiger partial charge on any atom is -0.478 e. The van der Waals surface area contributed by atoms with Gasteiger partial charge in [0.25, 0.3) is 0 Å². The minimum absolute atomic E-state index is 0.281. The van der Waals surface area contributed by atoms with E-state index in [2.05, 4.69) is 5.32 Å². The summed E-state index contributed by atoms with van der Waals surface area (Å²) in [6.45, 7) is 1.34. The number of rotatable bonds is 4. The highest BCUT2D eigenvalue weighted by atomic mass is 16.4. The zero-order chi connectivity index (χ0) is 13.5. The molecule has 1 rings (SSSR count). The number of nitrogens with one attached hydrogen (secondary N) is 1. The number of hydrogen-bond donors (Lipinski definition) is 2. The number of carboxylic acids is 1. The molecule has 5 nitrogen and oxygen atoms in total. The number of hydrogen-bond acceptors (Lipinski definition) is 3. The van der Waals surface area contributed by atoms with E-state index in [0.29, 0.717) is 11.1 Å². The van der Waals surface area contributed by atoms with Crippen LogP contribution in [0.3, 0.4) is 0 Å². The molecule has 0 aliphatic heterocycles. The van der Waals surface area contributed by atoms with Crippen molar-refractivity contribution in [3.05, 3.63) is 41.5 Å². The van der Waals surface area contributed by atoms with Crippen LogP contribution in [0.5, 0.6) is 0 Å². The van der Waals surface area contributed by atoms with Crippen molar-refractivity contribution in [3.63, 3.8) is 0 Å². The van der Waals surface area contributed by atoms with Crippen LogP contribution in [0.25, 0.3) is 6.08 Å². The Kier molecular flexibility index (Phi) is 4.64. The average Bonchev–Trinajstić information content (AvgIpc) is 2.34. The van der Waals surface area contributed by atoms with Gasteiger partial charge in [0, 0.05) is 13.0 Å². The lowest BCUT2D eigenvalue weighted by molar-refractivity contribution is -0.131. The number of aliphatic carboxylic acids is 1. The van der Waals surface area contributed by atoms with Gasteiger partial charge in [-0.1, -0.05) is 24.3 Å². The summed E-state index contributed by atoms with van der Waals surface area (Å²) in [7, 11) is 0. The van der Waals surface area contributed by atoms with Crippen molar-refractivity contribution < 1.29 is 14.7 Å². The van der Waals surface area contributed by atoms with Crippen LogP contribution < -0.4 is 5.32 Å². The third kappa shape index (κ3) is 4.10. The van der Waals surface area contributed by atoms with Crippen molar-refractivity contribution in [2.24, 2.45) is 0 Å². The molecule has 0 radical (unpaired) electrons. The maximum absolute atomic E-state index is 10.9. The Bertz CT molecular complexity index is 512. The molecule has 1 unspecified atom stereocenters. The predicted octanol–water partition coefficient (Wildman–Crippen LogP) is 1.49. The summed E-state index contributed by atoms with van der Waals surface area (Å²) in [5.74, 6) is -1.30. The molecule has 0 saturated carbocycles. The number of carboxylic acid groups (broad SMARTS) is 1. The van der Waals surface area contributed by atoms with Crippen molar-refractivity contribution in [3.8, 4) is 6.07 Å². The highest BCUT2D eigenvalue weighted by Gasteiger charge is 2.10. The second-order valence-electron chi connectivity index (χ2n) is 3.60. The highest BCUT2D eigenvalue weighted by molar-refractivity contribution is 5.85. The zero-order valence-electron chi connectivity index (χ0n) is 9.75. The molecule has 0 heterocycles. The first-order valence-corrected chi connectivity index (χ1v) is 5.20. The third-order valence-corrected chi connectivity index (χ3v) is 2.16. The molecule has 0 spiro atoms. The van der Waals surface area contributed by atoms with Crippen molar-refractivity contribution in [1.29, 1.82) is 5.26 Å². The molecule has 2 N–H and O–H groups in total. The van der Waals surface area contributed by atoms with E-state index >= 15 is 0 Å². The van der Waals surface area contributed by atoms with Crippen LogP contribution in [0.2, 0.25) is 0 Å². The van der Waals surface area contributed by atoms with Gasteiger partial charge >= 0.3 is 5.97 Å². The average molecular weight is 244 g/mol. The Balaban J connectivity index is 2.84. The molecule has 1 atom stereocenters. The van der Waals surface area contributed by atoms with Gasteiger partial charge in [-0.15, -0.1) is 0 Å². The first-order valence-electron chi connectivity index (χ1n) is 5.20. The van der Waals surface area contributed by atoms with Gasteiger partial charge in [0.15, 0.2) is 0 Å². The Labute approximate surface area is 104 Å². The summed E-state index contributed by atoms with van der Waals surface area (Å²) >= 11 is 0. The fourth-order valence-electron chi connectivity index (χ4n) is 1.36. The molecule has 0 fully saturated rings. The summed E-state index contributed by atoms with van der Waals surface area (Å²) in [5.41, 5.74) is 1.36. The van der Waals surface area contributed by atoms with E-state index in [1.165, 1.54) is 13.0 Å². The van der Waals surface area contributed by atoms with Crippen LogP contribution in [0.15, 0.2) is 30.3 Å². The quantitative estimate of drug-likeness (QED) is 0.785. The Hall–Kier alpha value is -2.61. The van der Waals surface area contributed by atoms with Gasteiger partial charge in [0.2, 0.25) is 5.91 Å². The van der Waals surface area contributed by atoms with Crippen molar-refractivity contribution in [2.75, 3.05) is 0 Å². The van der Waals surface area contributed by atoms with Crippen molar-refractivity contribution in [2.45, 2.75) is 13.0 Å². The van der Waals surface area contributed by atoms with Crippen LogP contribution in [-0.2, 0) is 9.59 Å². The number of nitrogens with zero attached hydrogens (tertiary/aromatic N) is 1. The maximum Gasteiger partial charge on any atom is 0.328 e. The molecule has 0 aliphatic rings. The number of nitriles is 1. The lowest BCUT2D eigenvalue weighted by Gasteiger charge is -2.10. The highest BCUT2D eigenvalue weighted by Crippen LogP contribution is 2.14. The third-order valence-electron chi connectivity index (χ3n) is 2.16. The number of benzene rings is 1. The molecule has 1 amide bonds. The smallest absolute Gasteiger partial charge is 0.328 e. The fourth-order valence-corrected chi connectivity index (χ4v) is 1.36. The fraction of sp³-hybridized carbons (Fsp3) is 0.154. The SMILES string of the molecule is CC(=O)NC(C#N)c1ccc(C=CC(=O)O)cc1. The first kappa shape index (κ1) is 13.5. The maximum atomic E-state index is 10.9. The summed E-state index contributed by atoms with van der Waals surface area (Å²) in [5, 5.41) is 19.9. The van der Waals surface area contributed by atoms with Gasteiger partial charge in [-0.2, -0.15) is 5.26 Å². The van der Waals surface area contributed by atoms with Gasteiger partial charge < -0.3 is 10.4 Å². The molecular formula is C13H12N2O3. The Morgan fingerprint density at radius 3 is 2.44 bits per heavy atom. The molecule has 18 heavy (non-hydrogen) atoms. The van der Waals surface area contributed by atoms with Gasteiger partial charge in [0.1, 0.15) is 6.04 Å². The van der Waals surface area contributed by atoms with Crippen LogP contribution in [0.4, 0.5) is 0 Å². The molecule has 0 saturated heterocycles. The number of carbonyl (C=O) groups excluding carboxylic acids is 1. The summed E-state index contributed by atoms with van der Waals surface area (Å²) in [6.07, 6.45) is 2.48. The number of amides is 1. The predicted molar refractivity (Wildman–Crippen MR) is 65.3 cm³/mol. The van der Waals surface area contributed by atoms with Gasteiger partial charge in [-0.3, -0.25) is 4.79 Å². The Morgan fingerprint density at radius 1 is 1.39 bits per heavy atom. The largest absolute Gasteiger partial charge is 0.478 e. The molecule has 0 aliphatic carbocycles. The van der Waals surface area contributed by atoms with E-state index in [9.17, 15) is 9.59 Å². The van der Waals surface area contributed by atoms with E-state index in [-0.39, 0.29) is 5.91 Å². The monoisotopic (exact) mass is 244 g/mol. The second kappa shape index (κ2) is 6.21. The summed E-state index contributed by atoms with van der Waals surface area (Å²) < 4.78 is 0. The molecule has 0 bridgehead atoms. The topological polar surface area (TPSA) is 90.2 Å². The minimum atomic E-state index is -1.02. The second-order valence-corrected chi connectivity index (χ2v) is 3.60. The lowest BCUT2D eigenvalue weighted by Crippen LogP contribution is -2.24. The lowest BCUT2D eigenvalue weighted by atomic mass is 10.1. The van der Waals surface area contributed by atoms with Gasteiger partial charge in [-0.25, -0.2) is 4.79 Å². The van der Waals surface area contributed by atoms with Gasteiger partial charge in [0.05, 0.1) is 6.07 Å². The van der Waals surface area contributed by atoms with Crippen LogP contribution >= 0.6 is 0 Å². The van der Waals surface area contributed by atoms with E-state index in [0.717, 1.165) is 6.08 Å². The molecule has 0 aromatic heterocycles. The number of carbonyl (C=O) groups is 2. The summed E-state index contributed by atoms with van der Waals surface area (Å²) in [6, 6.07) is 7.99. The zero-order valence-corrected chi connectivity index (χ0v) is 9.75. The molecule has 92 valence electrons. The van der Waals surface area contributed by atoms with Crippen molar-refractivity contribution in [1.82, 2.24) is 5.32 Å². The van der Waals surface area contributed by atoms with Crippen molar-refractivity contribution >= 4 is 18.0 Å². The molecule has 5 heteroatoms. The van der Waals surface area contributed by atoms with Gasteiger partial charge in [-0.05, 0) is 17.2 Å². The normalized spacial score (nSPS) is 11.8. The van der Waals surface area contributed by atoms with E-state index in [1.807, 2.05) is 6.07 Å². The molecular weight excluding hydrogens is 232 g/mol. The first-order chi connectivity index (χ1) is 8.52. The Morgan fingerprint density at radius 2 is 2.00 bits per heavy atom. The van der Waals surface area contributed by atoms with E-state index in [4.69, 9.17) is 10.4 Å². The van der Waals surface area contributed by atoms with Crippen LogP contribution in [0, 0.1) is 11.3 Å². The summed E-state index contributed by atoms with van der Waals surface area (Å²) in [4.78, 5) is 21.2. The molecule has 1 aromatic carbocycles. The standard InChI is InChI=1S/C13H12N2O3/c1-9(16)15-12(8-14)11-5-2-10(3-6-11)4-7-13(17)18/h2-7,12H,1H3,(H,15,16)(H,17,18). The molecule has 1 aromatic rings. The van der Waals surface area contributed by atoms with E-state index < -0.39 is 12.0 Å². The van der Waals surface area contributed by atoms with Crippen LogP contribution in [-0.4, -0.2) is 17.0 Å². The van der Waals surface area contributed by atoms with E-state index in [1.54, 1.807) is 24.3 Å².